The molecule has 12 heteroatoms. The molecular weight excluding hydrogens is 649 g/mol. The zero-order valence-electron chi connectivity index (χ0n) is 28.6. The third-order valence-electron chi connectivity index (χ3n) is 10.5. The Morgan fingerprint density at radius 2 is 1.76 bits per heavy atom. The summed E-state index contributed by atoms with van der Waals surface area (Å²) in [5, 5.41) is 3.16. The summed E-state index contributed by atoms with van der Waals surface area (Å²) < 4.78 is 24.9. The van der Waals surface area contributed by atoms with Crippen molar-refractivity contribution in [1.29, 1.82) is 0 Å². The van der Waals surface area contributed by atoms with Gasteiger partial charge in [0.2, 0.25) is 0 Å². The molecule has 264 valence electrons. The van der Waals surface area contributed by atoms with E-state index in [0.717, 1.165) is 94.3 Å². The van der Waals surface area contributed by atoms with Gasteiger partial charge in [-0.2, -0.15) is 0 Å². The normalized spacial score (nSPS) is 19.8. The highest BCUT2D eigenvalue weighted by Gasteiger charge is 2.29. The Morgan fingerprint density at radius 1 is 0.922 bits per heavy atom. The topological polar surface area (TPSA) is 116 Å². The van der Waals surface area contributed by atoms with Crippen molar-refractivity contribution in [3.8, 4) is 16.8 Å². The summed E-state index contributed by atoms with van der Waals surface area (Å²) in [6, 6.07) is 16.6. The number of nitrogens with zero attached hydrogens (tertiary/aromatic N) is 6. The molecular formula is C39H42FN7O4. The molecule has 0 bridgehead atoms. The molecule has 5 aromatic rings. The number of nitrogens with one attached hydrogen (secondary N) is 1. The fourth-order valence-electron chi connectivity index (χ4n) is 7.84. The molecule has 1 amide bonds. The predicted molar refractivity (Wildman–Crippen MR) is 192 cm³/mol. The van der Waals surface area contributed by atoms with Gasteiger partial charge in [0.1, 0.15) is 17.3 Å². The lowest BCUT2D eigenvalue weighted by Crippen LogP contribution is -2.45. The lowest BCUT2D eigenvalue weighted by Gasteiger charge is -2.30. The van der Waals surface area contributed by atoms with Crippen LogP contribution in [0.1, 0.15) is 72.9 Å². The van der Waals surface area contributed by atoms with E-state index >= 15 is 0 Å². The average molecular weight is 692 g/mol. The van der Waals surface area contributed by atoms with Gasteiger partial charge < -0.3 is 14.6 Å². The minimum absolute atomic E-state index is 0.0439. The maximum Gasteiger partial charge on any atom is 0.337 e. The van der Waals surface area contributed by atoms with Crippen LogP contribution in [0.5, 0.6) is 0 Å². The number of amides is 1. The van der Waals surface area contributed by atoms with Crippen LogP contribution in [-0.2, 0) is 24.2 Å². The number of pyridine rings is 1. The van der Waals surface area contributed by atoms with Crippen LogP contribution in [0.3, 0.4) is 0 Å². The monoisotopic (exact) mass is 691 g/mol. The lowest BCUT2D eigenvalue weighted by atomic mass is 9.90. The number of carbonyl (C=O) groups excluding carboxylic acids is 1. The van der Waals surface area contributed by atoms with Gasteiger partial charge in [-0.1, -0.05) is 36.4 Å². The molecule has 0 radical (unpaired) electrons. The Hall–Kier alpha value is -4.94. The van der Waals surface area contributed by atoms with Crippen LogP contribution in [0, 0.1) is 5.82 Å². The van der Waals surface area contributed by atoms with Crippen molar-refractivity contribution in [3.63, 3.8) is 0 Å². The molecule has 3 aliphatic rings. The summed E-state index contributed by atoms with van der Waals surface area (Å²) in [6.45, 7) is 5.22. The van der Waals surface area contributed by atoms with E-state index < -0.39 is 23.1 Å². The molecule has 3 aromatic heterocycles. The van der Waals surface area contributed by atoms with Crippen molar-refractivity contribution in [3.05, 3.63) is 111 Å². The maximum absolute atomic E-state index is 14.5. The second-order valence-electron chi connectivity index (χ2n) is 14.0. The number of hydrogen-bond acceptors (Lipinski definition) is 7. The molecule has 2 fully saturated rings. The largest absolute Gasteiger partial charge is 0.380 e. The highest BCUT2D eigenvalue weighted by Crippen LogP contribution is 2.29. The zero-order chi connectivity index (χ0) is 34.9. The van der Waals surface area contributed by atoms with Crippen LogP contribution in [-0.4, -0.2) is 66.8 Å². The Labute approximate surface area is 294 Å². The number of aryl methyl sites for hydroxylation is 2. The fraction of sp³-hybridized carbons (Fsp3) is 0.410. The molecule has 0 unspecified atom stereocenters. The number of halogens is 1. The summed E-state index contributed by atoms with van der Waals surface area (Å²) in [7, 11) is 0. The molecule has 1 aliphatic carbocycles. The third kappa shape index (κ3) is 6.90. The van der Waals surface area contributed by atoms with E-state index in [-0.39, 0.29) is 23.0 Å². The molecule has 0 atom stereocenters. The lowest BCUT2D eigenvalue weighted by molar-refractivity contribution is 0.0917. The highest BCUT2D eigenvalue weighted by atomic mass is 19.1. The van der Waals surface area contributed by atoms with Crippen LogP contribution in [0.4, 0.5) is 4.39 Å². The summed E-state index contributed by atoms with van der Waals surface area (Å²) in [5.74, 6) is 0.102. The molecule has 2 aromatic carbocycles. The van der Waals surface area contributed by atoms with Gasteiger partial charge in [-0.25, -0.2) is 23.7 Å². The smallest absolute Gasteiger partial charge is 0.337 e. The van der Waals surface area contributed by atoms with Gasteiger partial charge in [0.25, 0.3) is 11.5 Å². The second-order valence-corrected chi connectivity index (χ2v) is 14.0. The molecule has 11 nitrogen and oxygen atoms in total. The van der Waals surface area contributed by atoms with Gasteiger partial charge in [0, 0.05) is 57.5 Å². The molecule has 5 heterocycles. The van der Waals surface area contributed by atoms with Crippen LogP contribution >= 0.6 is 0 Å². The van der Waals surface area contributed by atoms with Gasteiger partial charge in [0.15, 0.2) is 5.65 Å². The molecule has 1 saturated heterocycles. The summed E-state index contributed by atoms with van der Waals surface area (Å²) >= 11 is 0. The van der Waals surface area contributed by atoms with Crippen molar-refractivity contribution >= 4 is 16.9 Å². The van der Waals surface area contributed by atoms with Crippen molar-refractivity contribution in [2.24, 2.45) is 0 Å². The average Bonchev–Trinajstić information content (AvgIpc) is 3.43. The number of imidazole rings is 1. The number of fused-ring (bicyclic) bond motifs is 2. The molecule has 1 saturated carbocycles. The summed E-state index contributed by atoms with van der Waals surface area (Å²) in [6.07, 6.45) is 9.12. The van der Waals surface area contributed by atoms with Crippen LogP contribution in [0.25, 0.3) is 27.8 Å². The van der Waals surface area contributed by atoms with Crippen LogP contribution in [0.15, 0.2) is 76.6 Å². The Balaban J connectivity index is 1.05. The SMILES string of the molecule is O=C(N[C@H]1CC[C@@H](n2c(=O)c3cc(F)cnc3n(-c3cccc(-c4ccc(CN5CCCOCC5)cc4)c3)c2=O)CC1)c1cn2c(n1)CCCC2. The summed E-state index contributed by atoms with van der Waals surface area (Å²) in [5.41, 5.74) is 3.10. The van der Waals surface area contributed by atoms with Gasteiger partial charge in [-0.15, -0.1) is 0 Å². The number of hydrogen-bond donors (Lipinski definition) is 1. The Bertz CT molecular complexity index is 2150. The van der Waals surface area contributed by atoms with Gasteiger partial charge in [-0.05, 0) is 79.8 Å². The molecule has 8 rings (SSSR count). The zero-order valence-corrected chi connectivity index (χ0v) is 28.6. The van der Waals surface area contributed by atoms with Gasteiger partial charge in [0.05, 0.1) is 23.9 Å². The minimum Gasteiger partial charge on any atom is -0.380 e. The van der Waals surface area contributed by atoms with Crippen molar-refractivity contribution in [2.45, 2.75) is 76.5 Å². The molecule has 0 spiro atoms. The fourth-order valence-corrected chi connectivity index (χ4v) is 7.84. The van der Waals surface area contributed by atoms with Gasteiger partial charge >= 0.3 is 5.69 Å². The third-order valence-corrected chi connectivity index (χ3v) is 10.5. The first-order valence-electron chi connectivity index (χ1n) is 18.1. The Kier molecular flexibility index (Phi) is 9.35. The second kappa shape index (κ2) is 14.4. The highest BCUT2D eigenvalue weighted by molar-refractivity contribution is 5.92. The standard InChI is InChI=1S/C39H42FN7O4/c40-29-22-33-36(41-23-29)46(32-6-3-5-28(21-32)27-10-8-26(9-11-27)24-44-16-4-19-51-20-18-44)39(50)47(38(33)49)31-14-12-30(13-15-31)42-37(48)34-25-45-17-2-1-7-35(45)43-34/h3,5-6,8-11,21-23,25,30-31H,1-2,4,7,12-20,24H2,(H,42,48)/t30-,31+. The van der Waals surface area contributed by atoms with E-state index in [9.17, 15) is 18.8 Å². The first kappa shape index (κ1) is 33.2. The summed E-state index contributed by atoms with van der Waals surface area (Å²) in [4.78, 5) is 52.5. The first-order chi connectivity index (χ1) is 24.9. The minimum atomic E-state index is -0.648. The first-order valence-corrected chi connectivity index (χ1v) is 18.1. The van der Waals surface area contributed by atoms with E-state index in [1.807, 2.05) is 24.4 Å². The van der Waals surface area contributed by atoms with Crippen molar-refractivity contribution in [2.75, 3.05) is 26.3 Å². The van der Waals surface area contributed by atoms with Crippen LogP contribution in [0.2, 0.25) is 0 Å². The maximum atomic E-state index is 14.5. The number of ether oxygens (including phenoxy) is 1. The van der Waals surface area contributed by atoms with E-state index in [1.165, 1.54) is 14.7 Å². The Morgan fingerprint density at radius 3 is 2.59 bits per heavy atom. The predicted octanol–water partition coefficient (Wildman–Crippen LogP) is 5.02. The van der Waals surface area contributed by atoms with E-state index in [0.29, 0.717) is 37.1 Å². The van der Waals surface area contributed by atoms with Gasteiger partial charge in [-0.3, -0.25) is 19.1 Å². The number of rotatable bonds is 7. The number of aromatic nitrogens is 5. The van der Waals surface area contributed by atoms with Crippen LogP contribution < -0.4 is 16.6 Å². The van der Waals surface area contributed by atoms with Crippen molar-refractivity contribution < 1.29 is 13.9 Å². The number of carbonyl (C=O) groups is 1. The van der Waals surface area contributed by atoms with E-state index in [4.69, 9.17) is 4.74 Å². The van der Waals surface area contributed by atoms with E-state index in [2.05, 4.69) is 49.0 Å². The quantitative estimate of drug-likeness (QED) is 0.255. The number of benzene rings is 2. The molecule has 1 N–H and O–H groups in total. The molecule has 2 aliphatic heterocycles. The van der Waals surface area contributed by atoms with E-state index in [1.54, 1.807) is 6.07 Å². The van der Waals surface area contributed by atoms with Crippen molar-refractivity contribution in [1.82, 2.24) is 33.9 Å². The molecule has 51 heavy (non-hydrogen) atoms.